The number of hydrogen-bond acceptors (Lipinski definition) is 8. The van der Waals surface area contributed by atoms with E-state index in [1.807, 2.05) is 30.3 Å². The number of esters is 1. The summed E-state index contributed by atoms with van der Waals surface area (Å²) in [6.45, 7) is 6.34. The Labute approximate surface area is 211 Å². The van der Waals surface area contributed by atoms with E-state index in [1.165, 1.54) is 5.56 Å². The molecule has 8 heteroatoms. The monoisotopic (exact) mass is 482 g/mol. The van der Waals surface area contributed by atoms with Crippen molar-refractivity contribution in [1.82, 2.24) is 15.0 Å². The van der Waals surface area contributed by atoms with Gasteiger partial charge >= 0.3 is 5.97 Å². The van der Waals surface area contributed by atoms with Gasteiger partial charge in [0, 0.05) is 17.1 Å². The van der Waals surface area contributed by atoms with Gasteiger partial charge in [0.15, 0.2) is 0 Å². The first-order valence-corrected chi connectivity index (χ1v) is 12.1. The maximum atomic E-state index is 12.0. The standard InChI is InChI=1S/C28H30N6O2/c1-4-19-11-15-22(16-12-19)29-26-32-27(30-23-17-13-21(14-18-23)25(35)36-6-3)34-28(33-26)31-24-10-8-7-9-20(24)5-2/h7-18H,4-6H2,1-3H3,(H3,29,30,31,32,33,34). The zero-order chi connectivity index (χ0) is 25.3. The molecule has 3 aromatic carbocycles. The molecule has 8 nitrogen and oxygen atoms in total. The Bertz CT molecular complexity index is 1310. The van der Waals surface area contributed by atoms with E-state index in [4.69, 9.17) is 4.74 Å². The van der Waals surface area contributed by atoms with Crippen LogP contribution in [0.3, 0.4) is 0 Å². The van der Waals surface area contributed by atoms with E-state index in [2.05, 4.69) is 62.9 Å². The molecule has 0 spiro atoms. The van der Waals surface area contributed by atoms with E-state index in [9.17, 15) is 4.79 Å². The number of nitrogens with one attached hydrogen (secondary N) is 3. The lowest BCUT2D eigenvalue weighted by Crippen LogP contribution is -2.08. The van der Waals surface area contributed by atoms with Gasteiger partial charge in [-0.25, -0.2) is 4.79 Å². The summed E-state index contributed by atoms with van der Waals surface area (Å²) < 4.78 is 5.06. The first-order valence-electron chi connectivity index (χ1n) is 12.1. The predicted octanol–water partition coefficient (Wildman–Crippen LogP) is 6.40. The number of ether oxygens (including phenoxy) is 1. The van der Waals surface area contributed by atoms with Gasteiger partial charge in [-0.15, -0.1) is 0 Å². The molecule has 0 atom stereocenters. The molecule has 0 amide bonds. The Balaban J connectivity index is 1.62. The fourth-order valence-electron chi connectivity index (χ4n) is 3.60. The Hall–Kier alpha value is -4.46. The van der Waals surface area contributed by atoms with Gasteiger partial charge in [0.1, 0.15) is 0 Å². The molecule has 36 heavy (non-hydrogen) atoms. The van der Waals surface area contributed by atoms with E-state index in [0.29, 0.717) is 30.0 Å². The van der Waals surface area contributed by atoms with Crippen molar-refractivity contribution in [3.8, 4) is 0 Å². The van der Waals surface area contributed by atoms with Gasteiger partial charge in [-0.05, 0) is 73.4 Å². The molecule has 0 aliphatic heterocycles. The van der Waals surface area contributed by atoms with Gasteiger partial charge in [0.05, 0.1) is 12.2 Å². The average molecular weight is 483 g/mol. The van der Waals surface area contributed by atoms with Crippen LogP contribution in [0.2, 0.25) is 0 Å². The molecule has 0 saturated carbocycles. The van der Waals surface area contributed by atoms with Crippen LogP contribution in [0, 0.1) is 0 Å². The highest BCUT2D eigenvalue weighted by molar-refractivity contribution is 5.89. The van der Waals surface area contributed by atoms with Gasteiger partial charge in [-0.3, -0.25) is 0 Å². The Morgan fingerprint density at radius 3 is 1.81 bits per heavy atom. The lowest BCUT2D eigenvalue weighted by molar-refractivity contribution is 0.0526. The number of aryl methyl sites for hydroxylation is 2. The molecule has 4 aromatic rings. The van der Waals surface area contributed by atoms with Gasteiger partial charge in [0.2, 0.25) is 17.8 Å². The molecule has 184 valence electrons. The van der Waals surface area contributed by atoms with Gasteiger partial charge < -0.3 is 20.7 Å². The molecule has 0 bridgehead atoms. The molecule has 0 fully saturated rings. The fraction of sp³-hybridized carbons (Fsp3) is 0.214. The average Bonchev–Trinajstić information content (AvgIpc) is 2.90. The number of hydrogen-bond donors (Lipinski definition) is 3. The fourth-order valence-corrected chi connectivity index (χ4v) is 3.60. The SMILES string of the molecule is CCOC(=O)c1ccc(Nc2nc(Nc3ccc(CC)cc3)nc(Nc3ccccc3CC)n2)cc1. The van der Waals surface area contributed by atoms with Crippen LogP contribution in [0.25, 0.3) is 0 Å². The summed E-state index contributed by atoms with van der Waals surface area (Å²) in [5.41, 5.74) is 5.44. The summed E-state index contributed by atoms with van der Waals surface area (Å²) in [6.07, 6.45) is 1.85. The first-order chi connectivity index (χ1) is 17.6. The third kappa shape index (κ3) is 6.35. The predicted molar refractivity (Wildman–Crippen MR) is 144 cm³/mol. The van der Waals surface area contributed by atoms with Crippen LogP contribution in [0.15, 0.2) is 72.8 Å². The maximum Gasteiger partial charge on any atom is 0.338 e. The highest BCUT2D eigenvalue weighted by atomic mass is 16.5. The summed E-state index contributed by atoms with van der Waals surface area (Å²) in [4.78, 5) is 25.7. The van der Waals surface area contributed by atoms with Crippen LogP contribution in [-0.2, 0) is 17.6 Å². The van der Waals surface area contributed by atoms with Gasteiger partial charge in [-0.1, -0.05) is 44.2 Å². The molecule has 0 saturated heterocycles. The molecule has 0 aliphatic rings. The Morgan fingerprint density at radius 1 is 0.694 bits per heavy atom. The number of carbonyl (C=O) groups is 1. The van der Waals surface area contributed by atoms with E-state index in [0.717, 1.165) is 35.5 Å². The Kier molecular flexibility index (Phi) is 8.08. The molecule has 0 radical (unpaired) electrons. The zero-order valence-electron chi connectivity index (χ0n) is 20.7. The third-order valence-corrected chi connectivity index (χ3v) is 5.55. The van der Waals surface area contributed by atoms with E-state index >= 15 is 0 Å². The minimum absolute atomic E-state index is 0.331. The number of benzene rings is 3. The van der Waals surface area contributed by atoms with Crippen molar-refractivity contribution in [2.24, 2.45) is 0 Å². The van der Waals surface area contributed by atoms with Crippen molar-refractivity contribution >= 4 is 40.9 Å². The van der Waals surface area contributed by atoms with Crippen LogP contribution in [0.1, 0.15) is 42.3 Å². The minimum atomic E-state index is -0.356. The lowest BCUT2D eigenvalue weighted by Gasteiger charge is -2.13. The highest BCUT2D eigenvalue weighted by Crippen LogP contribution is 2.23. The first kappa shape index (κ1) is 24.7. The van der Waals surface area contributed by atoms with Gasteiger partial charge in [-0.2, -0.15) is 15.0 Å². The summed E-state index contributed by atoms with van der Waals surface area (Å²) in [7, 11) is 0. The number of carbonyl (C=O) groups excluding carboxylic acids is 1. The second-order valence-corrected chi connectivity index (χ2v) is 8.04. The topological polar surface area (TPSA) is 101 Å². The molecule has 1 aromatic heterocycles. The highest BCUT2D eigenvalue weighted by Gasteiger charge is 2.11. The number of para-hydroxylation sites is 1. The van der Waals surface area contributed by atoms with Crippen LogP contribution in [0.4, 0.5) is 34.9 Å². The molecule has 0 aliphatic carbocycles. The van der Waals surface area contributed by atoms with Crippen molar-refractivity contribution < 1.29 is 9.53 Å². The van der Waals surface area contributed by atoms with Crippen molar-refractivity contribution in [2.75, 3.05) is 22.6 Å². The maximum absolute atomic E-state index is 12.0. The molecular formula is C28H30N6O2. The van der Waals surface area contributed by atoms with E-state index in [-0.39, 0.29) is 5.97 Å². The summed E-state index contributed by atoms with van der Waals surface area (Å²) in [6, 6.07) is 23.2. The lowest BCUT2D eigenvalue weighted by atomic mass is 10.1. The molecule has 3 N–H and O–H groups in total. The molecular weight excluding hydrogens is 452 g/mol. The molecule has 1 heterocycles. The van der Waals surface area contributed by atoms with Crippen molar-refractivity contribution in [1.29, 1.82) is 0 Å². The quantitative estimate of drug-likeness (QED) is 0.223. The van der Waals surface area contributed by atoms with E-state index < -0.39 is 0 Å². The summed E-state index contributed by atoms with van der Waals surface area (Å²) >= 11 is 0. The van der Waals surface area contributed by atoms with Crippen molar-refractivity contribution in [3.63, 3.8) is 0 Å². The number of anilines is 6. The molecule has 0 unspecified atom stereocenters. The number of nitrogens with zero attached hydrogens (tertiary/aromatic N) is 3. The van der Waals surface area contributed by atoms with Crippen LogP contribution < -0.4 is 16.0 Å². The number of rotatable bonds is 10. The largest absolute Gasteiger partial charge is 0.462 e. The smallest absolute Gasteiger partial charge is 0.338 e. The third-order valence-electron chi connectivity index (χ3n) is 5.55. The van der Waals surface area contributed by atoms with Gasteiger partial charge in [0.25, 0.3) is 0 Å². The minimum Gasteiger partial charge on any atom is -0.462 e. The van der Waals surface area contributed by atoms with Crippen LogP contribution in [-0.4, -0.2) is 27.5 Å². The normalized spacial score (nSPS) is 10.5. The second kappa shape index (κ2) is 11.8. The summed E-state index contributed by atoms with van der Waals surface area (Å²) in [5, 5.41) is 9.81. The zero-order valence-corrected chi connectivity index (χ0v) is 20.7. The Morgan fingerprint density at radius 2 is 1.25 bits per heavy atom. The van der Waals surface area contributed by atoms with E-state index in [1.54, 1.807) is 31.2 Å². The molecule has 4 rings (SSSR count). The van der Waals surface area contributed by atoms with Crippen LogP contribution in [0.5, 0.6) is 0 Å². The second-order valence-electron chi connectivity index (χ2n) is 8.04. The van der Waals surface area contributed by atoms with Crippen molar-refractivity contribution in [3.05, 3.63) is 89.5 Å². The van der Waals surface area contributed by atoms with Crippen molar-refractivity contribution in [2.45, 2.75) is 33.6 Å². The van der Waals surface area contributed by atoms with Crippen LogP contribution >= 0.6 is 0 Å². The number of aromatic nitrogens is 3. The summed E-state index contributed by atoms with van der Waals surface area (Å²) in [5.74, 6) is 0.810.